The first-order chi connectivity index (χ1) is 17.4. The summed E-state index contributed by atoms with van der Waals surface area (Å²) in [7, 11) is 0. The molecule has 3 aromatic rings. The molecule has 0 bridgehead atoms. The summed E-state index contributed by atoms with van der Waals surface area (Å²) in [6.45, 7) is 8.24. The quantitative estimate of drug-likeness (QED) is 0.358. The van der Waals surface area contributed by atoms with E-state index in [0.717, 1.165) is 75.7 Å². The van der Waals surface area contributed by atoms with Gasteiger partial charge in [-0.25, -0.2) is 4.99 Å². The molecule has 0 aliphatic heterocycles. The lowest BCUT2D eigenvalue weighted by Gasteiger charge is -2.23. The number of hydrogen-bond donors (Lipinski definition) is 1. The molecule has 3 aromatic heterocycles. The number of carbonyl (C=O) groups is 1. The van der Waals surface area contributed by atoms with Crippen LogP contribution in [0.1, 0.15) is 98.7 Å². The molecule has 2 aliphatic carbocycles. The molecule has 3 heterocycles. The molecule has 7 heteroatoms. The van der Waals surface area contributed by atoms with Gasteiger partial charge in [-0.2, -0.15) is 5.26 Å². The van der Waals surface area contributed by atoms with E-state index in [2.05, 4.69) is 42.8 Å². The topological polar surface area (TPSA) is 70.2 Å². The zero-order valence-electron chi connectivity index (χ0n) is 21.7. The van der Waals surface area contributed by atoms with Crippen molar-refractivity contribution in [3.63, 3.8) is 0 Å². The molecule has 1 fully saturated rings. The number of hydrogen-bond acceptors (Lipinski definition) is 5. The first-order valence-corrected chi connectivity index (χ1v) is 14.7. The maximum Gasteiger partial charge on any atom is 0.254 e. The first-order valence-electron chi connectivity index (χ1n) is 13.1. The molecule has 2 aliphatic rings. The summed E-state index contributed by atoms with van der Waals surface area (Å²) >= 11 is 3.35. The van der Waals surface area contributed by atoms with Crippen LogP contribution in [0.2, 0.25) is 0 Å². The molecule has 36 heavy (non-hydrogen) atoms. The number of carbonyl (C=O) groups excluding carboxylic acids is 1. The number of aliphatic imine (C=N–C) groups is 1. The van der Waals surface area contributed by atoms with Gasteiger partial charge in [0.2, 0.25) is 0 Å². The SMILES string of the molecule is Cc1sc(-n2c(C)cc(C=Nc3sc4c(c3C(=O)NC3CCCCC3)CCCC4)c2C)c(C#N)c1C. The van der Waals surface area contributed by atoms with Crippen molar-refractivity contribution in [3.05, 3.63) is 55.0 Å². The van der Waals surface area contributed by atoms with Gasteiger partial charge in [0.1, 0.15) is 16.1 Å². The summed E-state index contributed by atoms with van der Waals surface area (Å²) in [5.74, 6) is 0.0575. The summed E-state index contributed by atoms with van der Waals surface area (Å²) < 4.78 is 2.17. The summed E-state index contributed by atoms with van der Waals surface area (Å²) in [6, 6.07) is 4.81. The van der Waals surface area contributed by atoms with E-state index in [1.54, 1.807) is 22.7 Å². The lowest BCUT2D eigenvalue weighted by atomic mass is 9.93. The van der Waals surface area contributed by atoms with Gasteiger partial charge < -0.3 is 9.88 Å². The Hall–Kier alpha value is -2.69. The van der Waals surface area contributed by atoms with E-state index in [1.165, 1.54) is 41.0 Å². The number of nitrogens with zero attached hydrogens (tertiary/aromatic N) is 3. The van der Waals surface area contributed by atoms with Crippen molar-refractivity contribution in [1.82, 2.24) is 9.88 Å². The number of aryl methyl sites for hydroxylation is 3. The Morgan fingerprint density at radius 2 is 1.86 bits per heavy atom. The maximum absolute atomic E-state index is 13.5. The van der Waals surface area contributed by atoms with Gasteiger partial charge in [-0.05, 0) is 83.4 Å². The monoisotopic (exact) mass is 518 g/mol. The third-order valence-electron chi connectivity index (χ3n) is 7.79. The Bertz CT molecular complexity index is 1380. The number of fused-ring (bicyclic) bond motifs is 1. The minimum absolute atomic E-state index is 0.0575. The van der Waals surface area contributed by atoms with Crippen LogP contribution in [0.4, 0.5) is 5.00 Å². The minimum Gasteiger partial charge on any atom is -0.349 e. The van der Waals surface area contributed by atoms with E-state index in [-0.39, 0.29) is 11.9 Å². The van der Waals surface area contributed by atoms with Crippen molar-refractivity contribution in [1.29, 1.82) is 5.26 Å². The van der Waals surface area contributed by atoms with Crippen LogP contribution in [-0.2, 0) is 12.8 Å². The second kappa shape index (κ2) is 10.4. The highest BCUT2D eigenvalue weighted by Gasteiger charge is 2.27. The van der Waals surface area contributed by atoms with Crippen molar-refractivity contribution in [3.8, 4) is 11.1 Å². The third-order valence-corrected chi connectivity index (χ3v) is 10.2. The number of aromatic nitrogens is 1. The Kier molecular flexibility index (Phi) is 7.18. The normalized spacial score (nSPS) is 16.3. The van der Waals surface area contributed by atoms with E-state index in [4.69, 9.17) is 4.99 Å². The number of nitrogens with one attached hydrogen (secondary N) is 1. The molecule has 1 amide bonds. The van der Waals surface area contributed by atoms with Gasteiger partial charge in [0.25, 0.3) is 5.91 Å². The van der Waals surface area contributed by atoms with Crippen molar-refractivity contribution in [2.24, 2.45) is 4.99 Å². The molecule has 0 saturated heterocycles. The predicted octanol–water partition coefficient (Wildman–Crippen LogP) is 7.40. The van der Waals surface area contributed by atoms with Crippen LogP contribution in [-0.4, -0.2) is 22.7 Å². The fourth-order valence-corrected chi connectivity index (χ4v) is 8.09. The second-order valence-corrected chi connectivity index (χ2v) is 12.5. The molecular formula is C29H34N4OS2. The molecule has 188 valence electrons. The van der Waals surface area contributed by atoms with Crippen LogP contribution in [0.5, 0.6) is 0 Å². The summed E-state index contributed by atoms with van der Waals surface area (Å²) in [4.78, 5) is 20.9. The van der Waals surface area contributed by atoms with E-state index < -0.39 is 0 Å². The number of amides is 1. The average molecular weight is 519 g/mol. The molecule has 0 radical (unpaired) electrons. The molecule has 0 spiro atoms. The van der Waals surface area contributed by atoms with Gasteiger partial charge in [-0.15, -0.1) is 22.7 Å². The number of rotatable bonds is 5. The highest BCUT2D eigenvalue weighted by atomic mass is 32.1. The van der Waals surface area contributed by atoms with Crippen molar-refractivity contribution in [2.75, 3.05) is 0 Å². The molecule has 1 saturated carbocycles. The van der Waals surface area contributed by atoms with Gasteiger partial charge in [0, 0.05) is 39.0 Å². The molecule has 5 nitrogen and oxygen atoms in total. The molecular weight excluding hydrogens is 484 g/mol. The minimum atomic E-state index is 0.0575. The third kappa shape index (κ3) is 4.57. The van der Waals surface area contributed by atoms with Crippen molar-refractivity contribution < 1.29 is 4.79 Å². The maximum atomic E-state index is 13.5. The first kappa shape index (κ1) is 25.0. The molecule has 0 atom stereocenters. The van der Waals surface area contributed by atoms with Crippen LogP contribution in [0.15, 0.2) is 11.1 Å². The van der Waals surface area contributed by atoms with Crippen molar-refractivity contribution in [2.45, 2.75) is 91.5 Å². The molecule has 1 N–H and O–H groups in total. The Morgan fingerprint density at radius 3 is 2.61 bits per heavy atom. The zero-order chi connectivity index (χ0) is 25.4. The summed E-state index contributed by atoms with van der Waals surface area (Å²) in [5, 5.41) is 14.9. The highest BCUT2D eigenvalue weighted by Crippen LogP contribution is 2.40. The smallest absolute Gasteiger partial charge is 0.254 e. The van der Waals surface area contributed by atoms with Crippen molar-refractivity contribution >= 4 is 39.8 Å². The molecule has 0 unspecified atom stereocenters. The van der Waals surface area contributed by atoms with Crippen LogP contribution in [0.25, 0.3) is 5.00 Å². The van der Waals surface area contributed by atoms with E-state index in [9.17, 15) is 10.1 Å². The van der Waals surface area contributed by atoms with Gasteiger partial charge in [-0.3, -0.25) is 4.79 Å². The largest absolute Gasteiger partial charge is 0.349 e. The van der Waals surface area contributed by atoms with Gasteiger partial charge in [0.15, 0.2) is 0 Å². The van der Waals surface area contributed by atoms with Crippen LogP contribution in [0.3, 0.4) is 0 Å². The van der Waals surface area contributed by atoms with E-state index in [1.807, 2.05) is 13.1 Å². The standard InChI is InChI=1S/C29H34N4OS2/c1-17-14-21(19(3)33(17)29-24(15-30)18(2)20(4)35-29)16-31-28-26(23-12-8-9-13-25(23)36-28)27(34)32-22-10-6-5-7-11-22/h14,16,22H,5-13H2,1-4H3,(H,32,34). The second-order valence-electron chi connectivity index (χ2n) is 10.2. The Balaban J connectivity index is 1.49. The lowest BCUT2D eigenvalue weighted by molar-refractivity contribution is 0.0927. The van der Waals surface area contributed by atoms with Crippen LogP contribution < -0.4 is 5.32 Å². The van der Waals surface area contributed by atoms with E-state index >= 15 is 0 Å². The molecule has 5 rings (SSSR count). The average Bonchev–Trinajstić information content (AvgIpc) is 3.48. The Morgan fingerprint density at radius 1 is 1.11 bits per heavy atom. The van der Waals surface area contributed by atoms with E-state index in [0.29, 0.717) is 0 Å². The lowest BCUT2D eigenvalue weighted by Crippen LogP contribution is -2.36. The van der Waals surface area contributed by atoms with Gasteiger partial charge in [0.05, 0.1) is 11.1 Å². The number of nitriles is 1. The fourth-order valence-electron chi connectivity index (χ4n) is 5.64. The zero-order valence-corrected chi connectivity index (χ0v) is 23.3. The van der Waals surface area contributed by atoms with Crippen LogP contribution in [0, 0.1) is 39.0 Å². The Labute approximate surface area is 221 Å². The van der Waals surface area contributed by atoms with Crippen LogP contribution >= 0.6 is 22.7 Å². The summed E-state index contributed by atoms with van der Waals surface area (Å²) in [5.41, 5.74) is 6.98. The molecule has 0 aromatic carbocycles. The highest BCUT2D eigenvalue weighted by molar-refractivity contribution is 7.16. The van der Waals surface area contributed by atoms with Gasteiger partial charge >= 0.3 is 0 Å². The fraction of sp³-hybridized carbons (Fsp3) is 0.483. The van der Waals surface area contributed by atoms with Gasteiger partial charge in [-0.1, -0.05) is 19.3 Å². The number of thiophene rings is 2. The summed E-state index contributed by atoms with van der Waals surface area (Å²) in [6.07, 6.45) is 12.1. The predicted molar refractivity (Wildman–Crippen MR) is 150 cm³/mol.